The van der Waals surface area contributed by atoms with Crippen LogP contribution in [0.25, 0.3) is 6.08 Å². The summed E-state index contributed by atoms with van der Waals surface area (Å²) in [6.07, 6.45) is -3.51. The number of nitrogens with zero attached hydrogens (tertiary/aromatic N) is 2. The number of carboxylic acid groups (broad SMARTS) is 1. The minimum absolute atomic E-state index is 0.00775. The molecule has 0 spiro atoms. The number of ketones is 1. The Kier molecular flexibility index (Phi) is 18.1. The summed E-state index contributed by atoms with van der Waals surface area (Å²) in [6.45, 7) is 4.70. The van der Waals surface area contributed by atoms with Crippen molar-refractivity contribution in [1.29, 1.82) is 0 Å². The number of esters is 1. The zero-order valence-corrected chi connectivity index (χ0v) is 43.0. The Balaban J connectivity index is 0.00000113. The van der Waals surface area contributed by atoms with Gasteiger partial charge < -0.3 is 62.2 Å². The standard InChI is InChI=1S/C54H48N10O8S.C2HF3O2/c1-2-71-52(68)46-47(66)45(73-51(46)60-37-8-4-3-5-9-37)27-32-11-20-44(43(65)26-32)72-31-33-7-6-10-40(25-33)59-50(67)36-28-41(63-53(69)61-38-16-12-34(13-17-38)48-55-21-22-56-48)30-42(29-36)64-54(70)62-39-18-14-35(15-19-39)49-57-23-24-58-49;3-2(4,5)1(6)7/h3-20,25-30,60,65H,2,21-24,31H2,1H3,(H,55,56)(H,57,58)(H,59,67)(H2,61,63,69)(H2,62,64,70);(H,6,7)/b45-27-;. The fraction of sp³-hybridized carbons (Fsp3) is 0.143. The van der Waals surface area contributed by atoms with Gasteiger partial charge in [-0.1, -0.05) is 48.2 Å². The first-order valence-electron chi connectivity index (χ1n) is 24.4. The predicted molar refractivity (Wildman–Crippen MR) is 298 cm³/mol. The number of rotatable bonds is 16. The third-order valence-corrected chi connectivity index (χ3v) is 12.4. The largest absolute Gasteiger partial charge is 0.504 e. The quantitative estimate of drug-likeness (QED) is 0.0246. The van der Waals surface area contributed by atoms with E-state index in [-0.39, 0.29) is 52.1 Å². The van der Waals surface area contributed by atoms with Crippen molar-refractivity contribution < 1.29 is 61.6 Å². The number of phenols is 1. The number of Topliss-reactive ketones (excluding diaryl/α,β-unsaturated/α-hetero) is 1. The number of amidine groups is 2. The fourth-order valence-electron chi connectivity index (χ4n) is 7.75. The number of hydrogen-bond acceptors (Lipinski definition) is 15. The fourth-order valence-corrected chi connectivity index (χ4v) is 8.81. The number of aliphatic carboxylic acids is 1. The van der Waals surface area contributed by atoms with Crippen molar-refractivity contribution in [3.8, 4) is 11.5 Å². The molecule has 3 aliphatic rings. The van der Waals surface area contributed by atoms with Crippen LogP contribution in [0.3, 0.4) is 0 Å². The Labute approximate surface area is 458 Å². The van der Waals surface area contributed by atoms with Crippen LogP contribution in [0.2, 0.25) is 0 Å². The summed E-state index contributed by atoms with van der Waals surface area (Å²) < 4.78 is 42.9. The molecule has 20 nitrogen and oxygen atoms in total. The van der Waals surface area contributed by atoms with E-state index in [1.807, 2.05) is 54.6 Å². The van der Waals surface area contributed by atoms with Crippen LogP contribution in [0.1, 0.15) is 39.5 Å². The second-order valence-electron chi connectivity index (χ2n) is 17.3. The van der Waals surface area contributed by atoms with E-state index in [0.717, 1.165) is 47.6 Å². The van der Waals surface area contributed by atoms with E-state index in [1.165, 1.54) is 24.3 Å². The number of nitrogens with one attached hydrogen (secondary N) is 8. The van der Waals surface area contributed by atoms with Crippen LogP contribution in [0, 0.1) is 0 Å². The zero-order valence-electron chi connectivity index (χ0n) is 42.2. The number of thioether (sulfide) groups is 1. The first kappa shape index (κ1) is 56.1. The van der Waals surface area contributed by atoms with E-state index >= 15 is 0 Å². The van der Waals surface area contributed by atoms with Crippen LogP contribution in [-0.2, 0) is 25.7 Å². The van der Waals surface area contributed by atoms with Gasteiger partial charge in [0, 0.05) is 63.9 Å². The van der Waals surface area contributed by atoms with E-state index in [2.05, 4.69) is 52.5 Å². The Morgan fingerprint density at radius 2 is 1.24 bits per heavy atom. The molecule has 3 heterocycles. The molecule has 80 heavy (non-hydrogen) atoms. The molecule has 0 unspecified atom stereocenters. The third kappa shape index (κ3) is 15.3. The van der Waals surface area contributed by atoms with Crippen LogP contribution in [-0.4, -0.2) is 96.5 Å². The zero-order chi connectivity index (χ0) is 56.8. The molecule has 5 amide bonds. The molecular formula is C56H49F3N10O10S. The molecular weight excluding hydrogens is 1060 g/mol. The van der Waals surface area contributed by atoms with Crippen molar-refractivity contribution in [2.75, 3.05) is 64.7 Å². The van der Waals surface area contributed by atoms with Crippen molar-refractivity contribution in [3.05, 3.63) is 183 Å². The van der Waals surface area contributed by atoms with Crippen molar-refractivity contribution >= 4 is 99.3 Å². The van der Waals surface area contributed by atoms with Gasteiger partial charge in [0.2, 0.25) is 5.78 Å². The smallest absolute Gasteiger partial charge is 0.490 e. The number of ether oxygens (including phenoxy) is 2. The molecule has 0 atom stereocenters. The number of urea groups is 2. The van der Waals surface area contributed by atoms with E-state index in [1.54, 1.807) is 73.7 Å². The van der Waals surface area contributed by atoms with E-state index < -0.39 is 41.9 Å². The van der Waals surface area contributed by atoms with Crippen molar-refractivity contribution in [2.45, 2.75) is 19.7 Å². The number of aliphatic imine (C=N–C) groups is 2. The minimum atomic E-state index is -5.08. The summed E-state index contributed by atoms with van der Waals surface area (Å²) in [5, 5.41) is 42.1. The molecule has 3 aliphatic heterocycles. The highest BCUT2D eigenvalue weighted by Crippen LogP contribution is 2.41. The molecule has 9 rings (SSSR count). The van der Waals surface area contributed by atoms with Gasteiger partial charge in [-0.05, 0) is 127 Å². The molecule has 24 heteroatoms. The summed E-state index contributed by atoms with van der Waals surface area (Å²) in [5.41, 5.74) is 5.53. The lowest BCUT2D eigenvalue weighted by molar-refractivity contribution is -0.192. The van der Waals surface area contributed by atoms with E-state index in [4.69, 9.17) is 19.4 Å². The third-order valence-electron chi connectivity index (χ3n) is 11.4. The molecule has 6 aromatic rings. The van der Waals surface area contributed by atoms with Crippen molar-refractivity contribution in [3.63, 3.8) is 0 Å². The topological polar surface area (TPSA) is 282 Å². The van der Waals surface area contributed by atoms with E-state index in [0.29, 0.717) is 52.0 Å². The molecule has 410 valence electrons. The number of alkyl halides is 3. The Hall–Kier alpha value is -10.1. The normalized spacial score (nSPS) is 14.1. The lowest BCUT2D eigenvalue weighted by Gasteiger charge is -2.14. The van der Waals surface area contributed by atoms with Gasteiger partial charge in [-0.3, -0.25) is 19.6 Å². The van der Waals surface area contributed by atoms with Gasteiger partial charge in [0.25, 0.3) is 5.91 Å². The van der Waals surface area contributed by atoms with Crippen molar-refractivity contribution in [2.24, 2.45) is 9.98 Å². The highest BCUT2D eigenvalue weighted by atomic mass is 32.2. The van der Waals surface area contributed by atoms with Gasteiger partial charge in [0.15, 0.2) is 11.5 Å². The summed E-state index contributed by atoms with van der Waals surface area (Å²) in [4.78, 5) is 84.8. The average Bonchev–Trinajstić information content (AvgIpc) is 4.27. The van der Waals surface area contributed by atoms with Crippen LogP contribution in [0.15, 0.2) is 165 Å². The predicted octanol–water partition coefficient (Wildman–Crippen LogP) is 9.39. The number of carbonyl (C=O) groups excluding carboxylic acids is 5. The number of para-hydroxylation sites is 1. The lowest BCUT2D eigenvalue weighted by atomic mass is 10.1. The minimum Gasteiger partial charge on any atom is -0.504 e. The summed E-state index contributed by atoms with van der Waals surface area (Å²) in [5.74, 6) is -2.98. The maximum atomic E-state index is 13.9. The van der Waals surface area contributed by atoms with Gasteiger partial charge in [0.05, 0.1) is 29.6 Å². The summed E-state index contributed by atoms with van der Waals surface area (Å²) in [7, 11) is 0. The number of amides is 5. The maximum absolute atomic E-state index is 13.9. The van der Waals surface area contributed by atoms with Gasteiger partial charge in [-0.25, -0.2) is 19.2 Å². The van der Waals surface area contributed by atoms with Crippen molar-refractivity contribution in [1.82, 2.24) is 10.6 Å². The molecule has 0 fully saturated rings. The molecule has 0 saturated heterocycles. The average molecular weight is 1110 g/mol. The monoisotopic (exact) mass is 1110 g/mol. The van der Waals surface area contributed by atoms with Gasteiger partial charge in [-0.2, -0.15) is 13.2 Å². The number of phenolic OH excluding ortho intramolecular Hbond substituents is 1. The van der Waals surface area contributed by atoms with Crippen LogP contribution < -0.4 is 47.3 Å². The van der Waals surface area contributed by atoms with Crippen LogP contribution >= 0.6 is 11.8 Å². The number of halogens is 3. The van der Waals surface area contributed by atoms with Crippen LogP contribution in [0.5, 0.6) is 11.5 Å². The Morgan fingerprint density at radius 1 is 0.675 bits per heavy atom. The SMILES string of the molecule is CCOC(=O)C1=C(Nc2ccccc2)S/C(=C\c2ccc(OCc3cccc(NC(=O)c4cc(NC(=O)Nc5ccc(C6=NCCN6)cc5)cc(NC(=O)Nc5ccc(C6=NCCN6)cc5)c4)c3)c(O)c2)C1=O.O=C(O)C(F)(F)F. The molecule has 0 radical (unpaired) electrons. The van der Waals surface area contributed by atoms with Gasteiger partial charge >= 0.3 is 30.2 Å². The number of benzene rings is 6. The highest BCUT2D eigenvalue weighted by Gasteiger charge is 2.38. The highest BCUT2D eigenvalue weighted by molar-refractivity contribution is 8.08. The number of anilines is 6. The number of aromatic hydroxyl groups is 1. The second-order valence-corrected chi connectivity index (χ2v) is 18.3. The molecule has 0 aliphatic carbocycles. The Morgan fingerprint density at radius 3 is 1.76 bits per heavy atom. The van der Waals surface area contributed by atoms with E-state index in [9.17, 15) is 42.3 Å². The molecule has 0 saturated carbocycles. The molecule has 0 bridgehead atoms. The second kappa shape index (κ2) is 25.8. The van der Waals surface area contributed by atoms with Gasteiger partial charge in [0.1, 0.15) is 23.9 Å². The number of carboxylic acids is 1. The first-order valence-corrected chi connectivity index (χ1v) is 25.2. The number of hydrogen-bond donors (Lipinski definition) is 10. The number of allylic oxidation sites excluding steroid dienone is 1. The lowest BCUT2D eigenvalue weighted by Crippen LogP contribution is -2.22. The maximum Gasteiger partial charge on any atom is 0.490 e. The summed E-state index contributed by atoms with van der Waals surface area (Å²) >= 11 is 1.09. The van der Waals surface area contributed by atoms with Gasteiger partial charge in [-0.15, -0.1) is 0 Å². The molecule has 6 aromatic carbocycles. The summed E-state index contributed by atoms with van der Waals surface area (Å²) in [6, 6.07) is 38.5. The molecule has 0 aromatic heterocycles. The number of carbonyl (C=O) groups is 6. The van der Waals surface area contributed by atoms with Crippen LogP contribution in [0.4, 0.5) is 56.9 Å². The first-order chi connectivity index (χ1) is 38.5. The molecule has 10 N–H and O–H groups in total. The Bertz CT molecular complexity index is 3360.